The van der Waals surface area contributed by atoms with Crippen molar-refractivity contribution in [2.45, 2.75) is 19.0 Å². The van der Waals surface area contributed by atoms with Gasteiger partial charge in [0.05, 0.1) is 12.2 Å². The minimum absolute atomic E-state index is 0.103. The molecule has 0 aliphatic heterocycles. The van der Waals surface area contributed by atoms with E-state index in [1.807, 2.05) is 6.07 Å². The second kappa shape index (κ2) is 5.78. The van der Waals surface area contributed by atoms with Gasteiger partial charge < -0.3 is 4.74 Å². The summed E-state index contributed by atoms with van der Waals surface area (Å²) in [5.74, 6) is 0.210. The van der Waals surface area contributed by atoms with Crippen molar-refractivity contribution in [3.05, 3.63) is 28.8 Å². The highest BCUT2D eigenvalue weighted by atomic mass is 35.5. The van der Waals surface area contributed by atoms with E-state index in [2.05, 4.69) is 0 Å². The minimum atomic E-state index is -4.18. The van der Waals surface area contributed by atoms with Gasteiger partial charge in [-0.1, -0.05) is 11.6 Å². The van der Waals surface area contributed by atoms with Crippen LogP contribution in [-0.2, 0) is 0 Å². The maximum absolute atomic E-state index is 11.9. The third-order valence-corrected chi connectivity index (χ3v) is 2.16. The lowest BCUT2D eigenvalue weighted by Gasteiger charge is -2.09. The second-order valence-electron chi connectivity index (χ2n) is 3.32. The number of ether oxygens (including phenoxy) is 1. The summed E-state index contributed by atoms with van der Waals surface area (Å²) in [5, 5.41) is 9.11. The number of nitriles is 1. The highest BCUT2D eigenvalue weighted by Gasteiger charge is 2.26. The van der Waals surface area contributed by atoms with Crippen molar-refractivity contribution in [2.75, 3.05) is 6.61 Å². The van der Waals surface area contributed by atoms with Gasteiger partial charge in [-0.05, 0) is 18.6 Å². The molecule has 0 aromatic heterocycles. The van der Waals surface area contributed by atoms with Crippen LogP contribution in [0, 0.1) is 11.3 Å². The zero-order chi connectivity index (χ0) is 12.9. The Kier molecular flexibility index (Phi) is 4.64. The molecule has 0 saturated carbocycles. The van der Waals surface area contributed by atoms with E-state index in [1.54, 1.807) is 0 Å². The predicted molar refractivity (Wildman–Crippen MR) is 57.0 cm³/mol. The van der Waals surface area contributed by atoms with Crippen LogP contribution in [-0.4, -0.2) is 12.8 Å². The van der Waals surface area contributed by atoms with Crippen molar-refractivity contribution in [3.63, 3.8) is 0 Å². The lowest BCUT2D eigenvalue weighted by molar-refractivity contribution is -0.136. The molecular weight excluding hydrogens is 255 g/mol. The van der Waals surface area contributed by atoms with Crippen molar-refractivity contribution < 1.29 is 17.9 Å². The van der Waals surface area contributed by atoms with Gasteiger partial charge in [-0.2, -0.15) is 18.4 Å². The number of hydrogen-bond donors (Lipinski definition) is 0. The third-order valence-electron chi connectivity index (χ3n) is 1.93. The monoisotopic (exact) mass is 263 g/mol. The Hall–Kier alpha value is -1.41. The molecule has 1 aromatic rings. The Morgan fingerprint density at radius 1 is 1.35 bits per heavy atom. The first-order chi connectivity index (χ1) is 7.92. The van der Waals surface area contributed by atoms with Crippen LogP contribution < -0.4 is 4.74 Å². The van der Waals surface area contributed by atoms with Crippen LogP contribution in [0.4, 0.5) is 13.2 Å². The van der Waals surface area contributed by atoms with Crippen LogP contribution in [0.3, 0.4) is 0 Å². The number of rotatable bonds is 4. The molecule has 0 amide bonds. The minimum Gasteiger partial charge on any atom is -0.492 e. The summed E-state index contributed by atoms with van der Waals surface area (Å²) in [6.07, 6.45) is -5.24. The van der Waals surface area contributed by atoms with Crippen molar-refractivity contribution >= 4 is 11.6 Å². The molecule has 2 nitrogen and oxygen atoms in total. The standard InChI is InChI=1S/C11H9ClF3NO/c12-9-3-2-8(7-16)10(6-9)17-5-1-4-11(13,14)15/h2-3,6H,1,4-5H2. The number of halogens is 4. The van der Waals surface area contributed by atoms with Gasteiger partial charge in [0, 0.05) is 17.5 Å². The first-order valence-electron chi connectivity index (χ1n) is 4.81. The summed E-state index contributed by atoms with van der Waals surface area (Å²) in [4.78, 5) is 0. The topological polar surface area (TPSA) is 33.0 Å². The second-order valence-corrected chi connectivity index (χ2v) is 3.76. The van der Waals surface area contributed by atoms with Crippen molar-refractivity contribution in [3.8, 4) is 11.8 Å². The zero-order valence-corrected chi connectivity index (χ0v) is 9.48. The van der Waals surface area contributed by atoms with Crippen molar-refractivity contribution in [1.82, 2.24) is 0 Å². The lowest BCUT2D eigenvalue weighted by atomic mass is 10.2. The molecule has 0 radical (unpaired) electrons. The van der Waals surface area contributed by atoms with Gasteiger partial charge in [-0.3, -0.25) is 0 Å². The molecule has 0 bridgehead atoms. The summed E-state index contributed by atoms with van der Waals surface area (Å²) >= 11 is 5.69. The van der Waals surface area contributed by atoms with E-state index in [0.717, 1.165) is 0 Å². The lowest BCUT2D eigenvalue weighted by Crippen LogP contribution is -2.10. The first-order valence-corrected chi connectivity index (χ1v) is 5.19. The Morgan fingerprint density at radius 3 is 2.65 bits per heavy atom. The Bertz CT molecular complexity index is 426. The summed E-state index contributed by atoms with van der Waals surface area (Å²) < 4.78 is 40.7. The molecule has 1 aromatic carbocycles. The quantitative estimate of drug-likeness (QED) is 0.771. The van der Waals surface area contributed by atoms with Crippen LogP contribution in [0.15, 0.2) is 18.2 Å². The Morgan fingerprint density at radius 2 is 2.06 bits per heavy atom. The van der Waals surface area contributed by atoms with E-state index >= 15 is 0 Å². The molecule has 0 aliphatic rings. The van der Waals surface area contributed by atoms with E-state index < -0.39 is 12.6 Å². The fourth-order valence-corrected chi connectivity index (χ4v) is 1.32. The number of alkyl halides is 3. The molecule has 17 heavy (non-hydrogen) atoms. The van der Waals surface area contributed by atoms with E-state index in [4.69, 9.17) is 21.6 Å². The van der Waals surface area contributed by atoms with Crippen LogP contribution in [0.2, 0.25) is 5.02 Å². The molecule has 0 atom stereocenters. The van der Waals surface area contributed by atoms with Gasteiger partial charge >= 0.3 is 6.18 Å². The average Bonchev–Trinajstić information content (AvgIpc) is 2.23. The predicted octanol–water partition coefficient (Wildman–Crippen LogP) is 3.93. The van der Waals surface area contributed by atoms with Crippen LogP contribution >= 0.6 is 11.6 Å². The maximum Gasteiger partial charge on any atom is 0.389 e. The first kappa shape index (κ1) is 13.7. The molecule has 0 fully saturated rings. The molecule has 1 rings (SSSR count). The van der Waals surface area contributed by atoms with Gasteiger partial charge in [-0.15, -0.1) is 0 Å². The largest absolute Gasteiger partial charge is 0.492 e. The van der Waals surface area contributed by atoms with E-state index in [0.29, 0.717) is 5.02 Å². The van der Waals surface area contributed by atoms with Crippen molar-refractivity contribution in [1.29, 1.82) is 5.26 Å². The molecule has 0 aliphatic carbocycles. The summed E-state index contributed by atoms with van der Waals surface area (Å²) in [7, 11) is 0. The van der Waals surface area contributed by atoms with Gasteiger partial charge in [0.25, 0.3) is 0 Å². The fraction of sp³-hybridized carbons (Fsp3) is 0.364. The molecule has 0 heterocycles. The average molecular weight is 264 g/mol. The van der Waals surface area contributed by atoms with Crippen LogP contribution in [0.1, 0.15) is 18.4 Å². The number of benzene rings is 1. The van der Waals surface area contributed by atoms with E-state index in [-0.39, 0.29) is 24.3 Å². The molecule has 0 spiro atoms. The summed E-state index contributed by atoms with van der Waals surface area (Å²) in [6.45, 7) is -0.103. The number of hydrogen-bond acceptors (Lipinski definition) is 2. The molecule has 92 valence electrons. The highest BCUT2D eigenvalue weighted by molar-refractivity contribution is 6.30. The zero-order valence-electron chi connectivity index (χ0n) is 8.72. The van der Waals surface area contributed by atoms with E-state index in [9.17, 15) is 13.2 Å². The highest BCUT2D eigenvalue weighted by Crippen LogP contribution is 2.24. The molecule has 0 unspecified atom stereocenters. The molecular formula is C11H9ClF3NO. The van der Waals surface area contributed by atoms with Gasteiger partial charge in [0.1, 0.15) is 11.8 Å². The van der Waals surface area contributed by atoms with E-state index in [1.165, 1.54) is 18.2 Å². The van der Waals surface area contributed by atoms with Crippen LogP contribution in [0.5, 0.6) is 5.75 Å². The summed E-state index contributed by atoms with van der Waals surface area (Å²) in [5.41, 5.74) is 0.251. The third kappa shape index (κ3) is 4.96. The Labute approximate surface area is 102 Å². The molecule has 0 saturated heterocycles. The SMILES string of the molecule is N#Cc1ccc(Cl)cc1OCCCC(F)(F)F. The van der Waals surface area contributed by atoms with Gasteiger partial charge in [-0.25, -0.2) is 0 Å². The normalized spacial score (nSPS) is 11.0. The molecule has 6 heteroatoms. The smallest absolute Gasteiger partial charge is 0.389 e. The summed E-state index contributed by atoms with van der Waals surface area (Å²) in [6, 6.07) is 6.26. The number of nitrogens with zero attached hydrogens (tertiary/aromatic N) is 1. The van der Waals surface area contributed by atoms with Gasteiger partial charge in [0.15, 0.2) is 0 Å². The van der Waals surface area contributed by atoms with Gasteiger partial charge in [0.2, 0.25) is 0 Å². The fourth-order valence-electron chi connectivity index (χ4n) is 1.16. The Balaban J connectivity index is 2.52. The van der Waals surface area contributed by atoms with Crippen molar-refractivity contribution in [2.24, 2.45) is 0 Å². The van der Waals surface area contributed by atoms with Crippen LogP contribution in [0.25, 0.3) is 0 Å². The maximum atomic E-state index is 11.9. The molecule has 0 N–H and O–H groups in total.